The first kappa shape index (κ1) is 13.8. The van der Waals surface area contributed by atoms with Crippen molar-refractivity contribution < 1.29 is 14.3 Å². The van der Waals surface area contributed by atoms with Crippen molar-refractivity contribution in [2.75, 3.05) is 32.1 Å². The van der Waals surface area contributed by atoms with Crippen molar-refractivity contribution in [2.24, 2.45) is 0 Å². The van der Waals surface area contributed by atoms with Crippen molar-refractivity contribution in [1.29, 1.82) is 0 Å². The Balaban J connectivity index is 1.70. The van der Waals surface area contributed by atoms with E-state index in [1.165, 1.54) is 0 Å². The van der Waals surface area contributed by atoms with Gasteiger partial charge >= 0.3 is 0 Å². The summed E-state index contributed by atoms with van der Waals surface area (Å²) in [4.78, 5) is 11.7. The van der Waals surface area contributed by atoms with E-state index in [9.17, 15) is 4.79 Å². The maximum atomic E-state index is 11.7. The fourth-order valence-electron chi connectivity index (χ4n) is 2.06. The molecule has 1 saturated heterocycles. The van der Waals surface area contributed by atoms with Crippen molar-refractivity contribution in [2.45, 2.75) is 18.9 Å². The number of carbonyl (C=O) groups is 1. The quantitative estimate of drug-likeness (QED) is 0.815. The van der Waals surface area contributed by atoms with Crippen LogP contribution in [0, 0.1) is 0 Å². The van der Waals surface area contributed by atoms with E-state index in [0.29, 0.717) is 0 Å². The molecule has 2 rings (SSSR count). The van der Waals surface area contributed by atoms with Crippen LogP contribution in [0.4, 0.5) is 5.69 Å². The lowest BCUT2D eigenvalue weighted by Gasteiger charge is -2.11. The number of nitrogens with one attached hydrogen (secondary N) is 2. The average Bonchev–Trinajstić information content (AvgIpc) is 2.92. The number of anilines is 1. The van der Waals surface area contributed by atoms with Crippen LogP contribution in [-0.4, -0.2) is 38.8 Å². The average molecular weight is 264 g/mol. The highest BCUT2D eigenvalue weighted by molar-refractivity contribution is 5.92. The van der Waals surface area contributed by atoms with Gasteiger partial charge in [-0.2, -0.15) is 0 Å². The third-order valence-corrected chi connectivity index (χ3v) is 3.04. The Morgan fingerprint density at radius 2 is 2.42 bits per heavy atom. The van der Waals surface area contributed by atoms with Gasteiger partial charge < -0.3 is 20.1 Å². The lowest BCUT2D eigenvalue weighted by Crippen LogP contribution is -2.33. The molecule has 104 valence electrons. The zero-order valence-electron chi connectivity index (χ0n) is 11.1. The first-order valence-electron chi connectivity index (χ1n) is 6.54. The summed E-state index contributed by atoms with van der Waals surface area (Å²) in [6.45, 7) is 1.85. The zero-order chi connectivity index (χ0) is 13.5. The Hall–Kier alpha value is -1.59. The molecule has 1 aliphatic heterocycles. The first-order chi connectivity index (χ1) is 9.28. The van der Waals surface area contributed by atoms with Gasteiger partial charge in [0.2, 0.25) is 5.91 Å². The summed E-state index contributed by atoms with van der Waals surface area (Å²) in [5, 5.41) is 5.93. The molecule has 5 nitrogen and oxygen atoms in total. The Morgan fingerprint density at radius 1 is 1.53 bits per heavy atom. The molecule has 0 aromatic heterocycles. The van der Waals surface area contributed by atoms with Crippen molar-refractivity contribution in [3.63, 3.8) is 0 Å². The van der Waals surface area contributed by atoms with Gasteiger partial charge in [0.05, 0.1) is 19.8 Å². The second kappa shape index (κ2) is 7.11. The molecule has 1 amide bonds. The number of amides is 1. The first-order valence-corrected chi connectivity index (χ1v) is 6.54. The van der Waals surface area contributed by atoms with Crippen molar-refractivity contribution in [1.82, 2.24) is 5.32 Å². The Labute approximate surface area is 113 Å². The SMILES string of the molecule is COc1cccc(NC(=O)CNCC2CCCO2)c1. The van der Waals surface area contributed by atoms with E-state index in [2.05, 4.69) is 10.6 Å². The number of hydrogen-bond donors (Lipinski definition) is 2. The monoisotopic (exact) mass is 264 g/mol. The van der Waals surface area contributed by atoms with Crippen LogP contribution < -0.4 is 15.4 Å². The maximum absolute atomic E-state index is 11.7. The minimum Gasteiger partial charge on any atom is -0.497 e. The van der Waals surface area contributed by atoms with Crippen molar-refractivity contribution in [3.8, 4) is 5.75 Å². The molecule has 1 atom stereocenters. The van der Waals surface area contributed by atoms with Crippen LogP contribution >= 0.6 is 0 Å². The van der Waals surface area contributed by atoms with Gasteiger partial charge in [0.25, 0.3) is 0 Å². The summed E-state index contributed by atoms with van der Waals surface area (Å²) in [6, 6.07) is 7.30. The molecule has 19 heavy (non-hydrogen) atoms. The smallest absolute Gasteiger partial charge is 0.238 e. The molecule has 1 aromatic rings. The van der Waals surface area contributed by atoms with Crippen LogP contribution in [0.5, 0.6) is 5.75 Å². The van der Waals surface area contributed by atoms with E-state index >= 15 is 0 Å². The van der Waals surface area contributed by atoms with E-state index in [1.54, 1.807) is 13.2 Å². The third-order valence-electron chi connectivity index (χ3n) is 3.04. The van der Waals surface area contributed by atoms with Gasteiger partial charge in [-0.1, -0.05) is 6.07 Å². The summed E-state index contributed by atoms with van der Waals surface area (Å²) in [6.07, 6.45) is 2.44. The minimum atomic E-state index is -0.0637. The molecule has 0 spiro atoms. The number of rotatable bonds is 6. The fourth-order valence-corrected chi connectivity index (χ4v) is 2.06. The Bertz CT molecular complexity index is 417. The van der Waals surface area contributed by atoms with Crippen LogP contribution in [0.15, 0.2) is 24.3 Å². The minimum absolute atomic E-state index is 0.0637. The predicted molar refractivity (Wildman–Crippen MR) is 73.5 cm³/mol. The molecule has 1 heterocycles. The lowest BCUT2D eigenvalue weighted by atomic mass is 10.2. The topological polar surface area (TPSA) is 59.6 Å². The molecule has 0 saturated carbocycles. The number of carbonyl (C=O) groups excluding carboxylic acids is 1. The van der Waals surface area contributed by atoms with Crippen molar-refractivity contribution >= 4 is 11.6 Å². The van der Waals surface area contributed by atoms with Crippen LogP contribution in [0.1, 0.15) is 12.8 Å². The van der Waals surface area contributed by atoms with E-state index < -0.39 is 0 Å². The lowest BCUT2D eigenvalue weighted by molar-refractivity contribution is -0.115. The third kappa shape index (κ3) is 4.54. The molecule has 1 fully saturated rings. The van der Waals surface area contributed by atoms with Crippen LogP contribution in [-0.2, 0) is 9.53 Å². The number of benzene rings is 1. The highest BCUT2D eigenvalue weighted by atomic mass is 16.5. The second-order valence-corrected chi connectivity index (χ2v) is 4.55. The van der Waals surface area contributed by atoms with E-state index in [1.807, 2.05) is 18.2 Å². The van der Waals surface area contributed by atoms with E-state index in [0.717, 1.165) is 37.4 Å². The molecule has 0 radical (unpaired) electrons. The molecule has 1 aliphatic rings. The standard InChI is InChI=1S/C14H20N2O3/c1-18-12-5-2-4-11(8-12)16-14(17)10-15-9-13-6-3-7-19-13/h2,4-5,8,13,15H,3,6-7,9-10H2,1H3,(H,16,17). The zero-order valence-corrected chi connectivity index (χ0v) is 11.1. The van der Waals surface area contributed by atoms with Gasteiger partial charge in [-0.05, 0) is 25.0 Å². The maximum Gasteiger partial charge on any atom is 0.238 e. The molecule has 1 unspecified atom stereocenters. The highest BCUT2D eigenvalue weighted by Crippen LogP contribution is 2.16. The number of ether oxygens (including phenoxy) is 2. The Morgan fingerprint density at radius 3 is 3.16 bits per heavy atom. The van der Waals surface area contributed by atoms with Crippen LogP contribution in [0.25, 0.3) is 0 Å². The van der Waals surface area contributed by atoms with Gasteiger partial charge in [-0.25, -0.2) is 0 Å². The van der Waals surface area contributed by atoms with Gasteiger partial charge in [0.1, 0.15) is 5.75 Å². The number of methoxy groups -OCH3 is 1. The normalized spacial score (nSPS) is 18.3. The van der Waals surface area contributed by atoms with Crippen LogP contribution in [0.3, 0.4) is 0 Å². The molecular formula is C14H20N2O3. The molecule has 2 N–H and O–H groups in total. The van der Waals surface area contributed by atoms with Gasteiger partial charge in [0.15, 0.2) is 0 Å². The Kier molecular flexibility index (Phi) is 5.18. The molecule has 0 bridgehead atoms. The fraction of sp³-hybridized carbons (Fsp3) is 0.500. The largest absolute Gasteiger partial charge is 0.497 e. The second-order valence-electron chi connectivity index (χ2n) is 4.55. The number of hydrogen-bond acceptors (Lipinski definition) is 4. The summed E-state index contributed by atoms with van der Waals surface area (Å²) >= 11 is 0. The summed E-state index contributed by atoms with van der Waals surface area (Å²) in [5.41, 5.74) is 0.739. The molecule has 5 heteroatoms. The van der Waals surface area contributed by atoms with Gasteiger partial charge in [-0.3, -0.25) is 4.79 Å². The summed E-state index contributed by atoms with van der Waals surface area (Å²) in [5.74, 6) is 0.663. The molecular weight excluding hydrogens is 244 g/mol. The highest BCUT2D eigenvalue weighted by Gasteiger charge is 2.15. The summed E-state index contributed by atoms with van der Waals surface area (Å²) < 4.78 is 10.6. The van der Waals surface area contributed by atoms with Gasteiger partial charge in [-0.15, -0.1) is 0 Å². The van der Waals surface area contributed by atoms with Gasteiger partial charge in [0, 0.05) is 24.9 Å². The van der Waals surface area contributed by atoms with E-state index in [-0.39, 0.29) is 18.6 Å². The summed E-state index contributed by atoms with van der Waals surface area (Å²) in [7, 11) is 1.60. The molecule has 0 aliphatic carbocycles. The van der Waals surface area contributed by atoms with E-state index in [4.69, 9.17) is 9.47 Å². The predicted octanol–water partition coefficient (Wildman–Crippen LogP) is 1.40. The van der Waals surface area contributed by atoms with Crippen molar-refractivity contribution in [3.05, 3.63) is 24.3 Å². The molecule has 1 aromatic carbocycles. The van der Waals surface area contributed by atoms with Crippen LogP contribution in [0.2, 0.25) is 0 Å².